The maximum atomic E-state index is 7.89. The number of para-hydroxylation sites is 2. The van der Waals surface area contributed by atoms with Crippen molar-refractivity contribution in [3.05, 3.63) is 139 Å². The van der Waals surface area contributed by atoms with Crippen LogP contribution in [0, 0.1) is 6.57 Å². The highest BCUT2D eigenvalue weighted by atomic mass is 32.1. The molecule has 8 rings (SSSR count). The zero-order valence-corrected chi connectivity index (χ0v) is 22.2. The predicted molar refractivity (Wildman–Crippen MR) is 169 cm³/mol. The van der Waals surface area contributed by atoms with Crippen LogP contribution < -0.4 is 0 Å². The molecule has 40 heavy (non-hydrogen) atoms. The smallest absolute Gasteiger partial charge is 0.188 e. The summed E-state index contributed by atoms with van der Waals surface area (Å²) in [5.41, 5.74) is 8.70. The lowest BCUT2D eigenvalue weighted by atomic mass is 9.96. The van der Waals surface area contributed by atoms with E-state index in [2.05, 4.69) is 114 Å². The molecule has 0 unspecified atom stereocenters. The number of thiophene rings is 1. The second kappa shape index (κ2) is 8.95. The Bertz CT molecular complexity index is 2280. The minimum Gasteiger partial charge on any atom is -0.455 e. The van der Waals surface area contributed by atoms with Crippen molar-refractivity contribution in [2.75, 3.05) is 0 Å². The van der Waals surface area contributed by atoms with Gasteiger partial charge in [0.2, 0.25) is 0 Å². The van der Waals surface area contributed by atoms with Crippen LogP contribution in [0.15, 0.2) is 132 Å². The SMILES string of the molecule is [C-]#[N+]c1cc(-c2cccc3c2oc2c(-c4ccccc4)cccc23)cc(-c2cccc3c2sc2ccccc23)c1. The minimum atomic E-state index is 0.615. The Balaban J connectivity index is 1.37. The number of furan rings is 1. The number of rotatable bonds is 3. The van der Waals surface area contributed by atoms with Gasteiger partial charge in [0.25, 0.3) is 0 Å². The molecule has 2 nitrogen and oxygen atoms in total. The van der Waals surface area contributed by atoms with E-state index >= 15 is 0 Å². The van der Waals surface area contributed by atoms with E-state index in [0.29, 0.717) is 5.69 Å². The van der Waals surface area contributed by atoms with Gasteiger partial charge < -0.3 is 4.42 Å². The summed E-state index contributed by atoms with van der Waals surface area (Å²) in [5.74, 6) is 0. The summed E-state index contributed by atoms with van der Waals surface area (Å²) in [6, 6.07) is 44.2. The first kappa shape index (κ1) is 22.8. The van der Waals surface area contributed by atoms with Gasteiger partial charge >= 0.3 is 0 Å². The van der Waals surface area contributed by atoms with Crippen molar-refractivity contribution in [1.82, 2.24) is 0 Å². The van der Waals surface area contributed by atoms with E-state index in [0.717, 1.165) is 55.3 Å². The molecule has 3 heteroatoms. The standard InChI is InChI=1S/C37H21NOS/c1-38-26-21-24(20-25(22-26)29-15-9-18-33-30-12-5-6-19-34(30)40-37(29)33)28-14-8-17-32-31-16-7-13-27(35(31)39-36(28)32)23-10-3-2-4-11-23/h2-22H. The molecular weight excluding hydrogens is 506 g/mol. The molecule has 0 fully saturated rings. The topological polar surface area (TPSA) is 17.5 Å². The quantitative estimate of drug-likeness (QED) is 0.209. The lowest BCUT2D eigenvalue weighted by Crippen LogP contribution is -1.83. The van der Waals surface area contributed by atoms with Crippen molar-refractivity contribution < 1.29 is 4.42 Å². The van der Waals surface area contributed by atoms with Gasteiger partial charge in [0.05, 0.1) is 6.57 Å². The fourth-order valence-corrected chi connectivity index (χ4v) is 7.09. The molecule has 0 aliphatic heterocycles. The van der Waals surface area contributed by atoms with Gasteiger partial charge in [-0.25, -0.2) is 4.85 Å². The van der Waals surface area contributed by atoms with E-state index in [1.165, 1.54) is 20.2 Å². The van der Waals surface area contributed by atoms with Gasteiger partial charge in [-0.2, -0.15) is 0 Å². The average molecular weight is 528 g/mol. The summed E-state index contributed by atoms with van der Waals surface area (Å²) in [6.45, 7) is 7.89. The largest absolute Gasteiger partial charge is 0.455 e. The van der Waals surface area contributed by atoms with Gasteiger partial charge in [0.15, 0.2) is 5.69 Å². The summed E-state index contributed by atoms with van der Waals surface area (Å²) in [7, 11) is 0. The number of nitrogens with zero attached hydrogens (tertiary/aromatic N) is 1. The summed E-state index contributed by atoms with van der Waals surface area (Å²) in [5, 5.41) is 4.69. The van der Waals surface area contributed by atoms with Crippen LogP contribution in [0.3, 0.4) is 0 Å². The van der Waals surface area contributed by atoms with Crippen LogP contribution >= 0.6 is 11.3 Å². The molecule has 0 bridgehead atoms. The Morgan fingerprint density at radius 1 is 0.500 bits per heavy atom. The average Bonchev–Trinajstić information content (AvgIpc) is 3.60. The first-order valence-corrected chi connectivity index (χ1v) is 14.0. The molecule has 8 aromatic rings. The number of fused-ring (bicyclic) bond motifs is 6. The first-order chi connectivity index (χ1) is 19.8. The van der Waals surface area contributed by atoms with Gasteiger partial charge in [0.1, 0.15) is 11.2 Å². The van der Waals surface area contributed by atoms with Crippen LogP contribution in [0.4, 0.5) is 5.69 Å². The van der Waals surface area contributed by atoms with Crippen molar-refractivity contribution in [1.29, 1.82) is 0 Å². The van der Waals surface area contributed by atoms with Crippen LogP contribution in [0.2, 0.25) is 0 Å². The van der Waals surface area contributed by atoms with Crippen molar-refractivity contribution in [2.45, 2.75) is 0 Å². The van der Waals surface area contributed by atoms with Gasteiger partial charge in [0, 0.05) is 42.1 Å². The maximum Gasteiger partial charge on any atom is 0.188 e. The van der Waals surface area contributed by atoms with E-state index in [9.17, 15) is 0 Å². The summed E-state index contributed by atoms with van der Waals surface area (Å²) < 4.78 is 9.19. The molecule has 0 aliphatic rings. The van der Waals surface area contributed by atoms with Crippen LogP contribution in [-0.2, 0) is 0 Å². The normalized spacial score (nSPS) is 11.5. The fraction of sp³-hybridized carbons (Fsp3) is 0. The predicted octanol–water partition coefficient (Wildman–Crippen LogP) is 11.5. The number of benzene rings is 6. The maximum absolute atomic E-state index is 7.89. The highest BCUT2D eigenvalue weighted by Crippen LogP contribution is 2.44. The Morgan fingerprint density at radius 3 is 1.80 bits per heavy atom. The second-order valence-corrected chi connectivity index (χ2v) is 11.0. The van der Waals surface area contributed by atoms with E-state index in [1.54, 1.807) is 0 Å². The van der Waals surface area contributed by atoms with Crippen LogP contribution in [0.5, 0.6) is 0 Å². The third-order valence-electron chi connectivity index (χ3n) is 7.68. The molecular formula is C37H21NOS. The molecule has 2 aromatic heterocycles. The second-order valence-electron chi connectivity index (χ2n) is 9.99. The van der Waals surface area contributed by atoms with Crippen molar-refractivity contribution in [3.63, 3.8) is 0 Å². The molecule has 0 aliphatic carbocycles. The van der Waals surface area contributed by atoms with Gasteiger partial charge in [-0.3, -0.25) is 0 Å². The Kier molecular flexibility index (Phi) is 5.10. The summed E-state index contributed by atoms with van der Waals surface area (Å²) >= 11 is 1.81. The lowest BCUT2D eigenvalue weighted by Gasteiger charge is -2.09. The first-order valence-electron chi connectivity index (χ1n) is 13.2. The molecule has 0 atom stereocenters. The summed E-state index contributed by atoms with van der Waals surface area (Å²) in [6.07, 6.45) is 0. The number of hydrogen-bond acceptors (Lipinski definition) is 2. The van der Waals surface area contributed by atoms with E-state index in [-0.39, 0.29) is 0 Å². The molecule has 0 spiro atoms. The van der Waals surface area contributed by atoms with Crippen LogP contribution in [0.25, 0.3) is 80.3 Å². The fourth-order valence-electron chi connectivity index (χ4n) is 5.85. The molecule has 0 radical (unpaired) electrons. The van der Waals surface area contributed by atoms with Gasteiger partial charge in [-0.05, 0) is 46.5 Å². The molecule has 6 aromatic carbocycles. The highest BCUT2D eigenvalue weighted by Gasteiger charge is 2.17. The van der Waals surface area contributed by atoms with Crippen molar-refractivity contribution in [2.24, 2.45) is 0 Å². The monoisotopic (exact) mass is 527 g/mol. The highest BCUT2D eigenvalue weighted by molar-refractivity contribution is 7.26. The van der Waals surface area contributed by atoms with Crippen molar-refractivity contribution in [3.8, 4) is 33.4 Å². The molecule has 2 heterocycles. The third-order valence-corrected chi connectivity index (χ3v) is 8.90. The van der Waals surface area contributed by atoms with Crippen LogP contribution in [0.1, 0.15) is 0 Å². The van der Waals surface area contributed by atoms with Gasteiger partial charge in [-0.1, -0.05) is 103 Å². The summed E-state index contributed by atoms with van der Waals surface area (Å²) in [4.78, 5) is 3.87. The Labute approximate surface area is 235 Å². The molecule has 0 saturated heterocycles. The van der Waals surface area contributed by atoms with E-state index in [1.807, 2.05) is 29.5 Å². The van der Waals surface area contributed by atoms with Gasteiger partial charge in [-0.15, -0.1) is 11.3 Å². The third kappa shape index (κ3) is 3.48. The zero-order valence-electron chi connectivity index (χ0n) is 21.4. The lowest BCUT2D eigenvalue weighted by molar-refractivity contribution is 0.671. The molecule has 0 amide bonds. The van der Waals surface area contributed by atoms with Crippen LogP contribution in [-0.4, -0.2) is 0 Å². The Hall–Kier alpha value is -5.17. The Morgan fingerprint density at radius 2 is 1.07 bits per heavy atom. The van der Waals surface area contributed by atoms with E-state index in [4.69, 9.17) is 11.0 Å². The molecule has 0 N–H and O–H groups in total. The number of hydrogen-bond donors (Lipinski definition) is 0. The van der Waals surface area contributed by atoms with Crippen molar-refractivity contribution >= 4 is 59.1 Å². The zero-order chi connectivity index (χ0) is 26.6. The molecule has 186 valence electrons. The van der Waals surface area contributed by atoms with E-state index < -0.39 is 0 Å². The minimum absolute atomic E-state index is 0.615. The molecule has 0 saturated carbocycles.